The molecule has 0 bridgehead atoms. The third kappa shape index (κ3) is 6.37. The Morgan fingerprint density at radius 1 is 0.806 bits per heavy atom. The van der Waals surface area contributed by atoms with E-state index < -0.39 is 40.4 Å². The Morgan fingerprint density at radius 3 is 1.56 bits per heavy atom. The van der Waals surface area contributed by atoms with E-state index in [4.69, 9.17) is 18.3 Å². The molecule has 0 saturated carbocycles. The summed E-state index contributed by atoms with van der Waals surface area (Å²) >= 11 is 0. The molecule has 11 nitrogen and oxygen atoms in total. The second kappa shape index (κ2) is 12.5. The molecule has 174 valence electrons. The van der Waals surface area contributed by atoms with E-state index in [9.17, 15) is 34.5 Å². The quantitative estimate of drug-likeness (QED) is 0.218. The molecule has 4 aromatic rings. The van der Waals surface area contributed by atoms with Gasteiger partial charge in [0.15, 0.2) is 22.4 Å². The van der Waals surface area contributed by atoms with Crippen molar-refractivity contribution in [3.8, 4) is 11.5 Å². The molecule has 2 aromatic heterocycles. The van der Waals surface area contributed by atoms with Crippen LogP contribution in [0.5, 0.6) is 11.5 Å². The molecule has 2 aromatic carbocycles. The minimum absolute atomic E-state index is 0. The number of carboxylic acids is 2. The number of aliphatic hydroxyl groups excluding tert-OH is 1. The number of hydrogen-bond acceptors (Lipinski definition) is 11. The Morgan fingerprint density at radius 2 is 1.19 bits per heavy atom. The summed E-state index contributed by atoms with van der Waals surface area (Å²) in [6.45, 7) is -0.649. The maximum Gasteiger partial charge on any atom is 1.00 e. The van der Waals surface area contributed by atoms with Gasteiger partial charge in [-0.05, 0) is 24.3 Å². The first-order chi connectivity index (χ1) is 16.2. The summed E-state index contributed by atoms with van der Waals surface area (Å²) in [5, 5.41) is 32.1. The van der Waals surface area contributed by atoms with Crippen LogP contribution >= 0.6 is 0 Å². The van der Waals surface area contributed by atoms with Crippen molar-refractivity contribution in [2.45, 2.75) is 6.10 Å². The summed E-state index contributed by atoms with van der Waals surface area (Å²) in [5.41, 5.74) is -1.40. The van der Waals surface area contributed by atoms with Crippen LogP contribution in [-0.2, 0) is 0 Å². The van der Waals surface area contributed by atoms with Crippen LogP contribution in [0.25, 0.3) is 21.9 Å². The van der Waals surface area contributed by atoms with Crippen LogP contribution in [0.2, 0.25) is 0 Å². The third-order valence-corrected chi connectivity index (χ3v) is 4.70. The summed E-state index contributed by atoms with van der Waals surface area (Å²) in [4.78, 5) is 46.5. The fourth-order valence-corrected chi connectivity index (χ4v) is 3.22. The largest absolute Gasteiger partial charge is 1.00 e. The molecule has 0 amide bonds. The molecule has 13 heteroatoms. The first-order valence-corrected chi connectivity index (χ1v) is 9.74. The van der Waals surface area contributed by atoms with E-state index in [1.807, 2.05) is 0 Å². The maximum absolute atomic E-state index is 12.3. The molecule has 0 saturated heterocycles. The number of ether oxygens (including phenoxy) is 2. The number of carboxylic acid groups (broad SMARTS) is 2. The van der Waals surface area contributed by atoms with Gasteiger partial charge in [-0.1, -0.05) is 12.1 Å². The van der Waals surface area contributed by atoms with Gasteiger partial charge in [0.25, 0.3) is 0 Å². The van der Waals surface area contributed by atoms with Crippen molar-refractivity contribution in [1.29, 1.82) is 0 Å². The molecule has 0 aliphatic rings. The van der Waals surface area contributed by atoms with Crippen molar-refractivity contribution in [2.24, 2.45) is 0 Å². The van der Waals surface area contributed by atoms with E-state index >= 15 is 0 Å². The zero-order chi connectivity index (χ0) is 24.4. The second-order valence-corrected chi connectivity index (χ2v) is 7.06. The van der Waals surface area contributed by atoms with Crippen molar-refractivity contribution >= 4 is 33.9 Å². The Labute approximate surface area is 245 Å². The van der Waals surface area contributed by atoms with E-state index in [1.165, 1.54) is 36.4 Å². The zero-order valence-electron chi connectivity index (χ0n) is 19.1. The van der Waals surface area contributed by atoms with Crippen LogP contribution in [-0.4, -0.2) is 36.4 Å². The molecule has 4 rings (SSSR count). The molecule has 0 fully saturated rings. The molecule has 0 unspecified atom stereocenters. The van der Waals surface area contributed by atoms with E-state index in [0.29, 0.717) is 0 Å². The van der Waals surface area contributed by atoms with E-state index in [1.54, 1.807) is 0 Å². The van der Waals surface area contributed by atoms with Crippen molar-refractivity contribution in [3.63, 3.8) is 0 Å². The van der Waals surface area contributed by atoms with Gasteiger partial charge in [0, 0.05) is 12.1 Å². The Bertz CT molecular complexity index is 1430. The van der Waals surface area contributed by atoms with Crippen LogP contribution in [0.3, 0.4) is 0 Å². The molecular formula is C23H14Na2O11. The standard InChI is InChI=1S/C23H16O11.2Na/c24-11(9-31-14-3-1-5-16-20(14)12(25)7-18(33-16)22(27)28)10-32-15-4-2-6-17-21(15)13(26)8-19(34-17)23(29)30;;/h1-8,11,24H,9-10H2,(H,27,28)(H,29,30);;/q;2*+1/p-2/i18+2,19+2,22+2,23+2;;. The van der Waals surface area contributed by atoms with Crippen molar-refractivity contribution in [2.75, 3.05) is 13.2 Å². The summed E-state index contributed by atoms with van der Waals surface area (Å²) < 4.78 is 21.2. The number of hydrogen-bond donors (Lipinski definition) is 1. The van der Waals surface area contributed by atoms with Crippen molar-refractivity contribution < 1.29 is 102 Å². The summed E-state index contributed by atoms with van der Waals surface area (Å²) in [7, 11) is 0. The number of carbonyl (C=O) groups excluding carboxylic acids is 2. The molecule has 0 radical (unpaired) electrons. The zero-order valence-corrected chi connectivity index (χ0v) is 23.1. The molecule has 36 heavy (non-hydrogen) atoms. The monoisotopic (exact) mass is 520 g/mol. The van der Waals surface area contributed by atoms with Gasteiger partial charge in [0.05, 0.1) is 0 Å². The number of aromatic carboxylic acids is 2. The third-order valence-electron chi connectivity index (χ3n) is 4.70. The molecular weight excluding hydrogens is 506 g/mol. The molecule has 1 N–H and O–H groups in total. The van der Waals surface area contributed by atoms with Gasteiger partial charge >= 0.3 is 59.1 Å². The van der Waals surface area contributed by atoms with E-state index in [-0.39, 0.29) is 106 Å². The summed E-state index contributed by atoms with van der Waals surface area (Å²) in [6, 6.07) is 10.1. The Kier molecular flexibility index (Phi) is 10.3. The van der Waals surface area contributed by atoms with Gasteiger partial charge in [-0.3, -0.25) is 9.59 Å². The van der Waals surface area contributed by atoms with Crippen LogP contribution in [0.4, 0.5) is 0 Å². The first-order valence-electron chi connectivity index (χ1n) is 9.74. The number of fused-ring (bicyclic) bond motifs is 2. The summed E-state index contributed by atoms with van der Waals surface area (Å²) in [6.07, 6.45) is -1.21. The average molecular weight is 520 g/mol. The van der Waals surface area contributed by atoms with Crippen LogP contribution in [0.15, 0.2) is 67.0 Å². The molecule has 2 heterocycles. The number of aliphatic hydroxyl groups is 1. The van der Waals surface area contributed by atoms with Gasteiger partial charge < -0.3 is 43.2 Å². The molecule has 0 spiro atoms. The molecule has 0 aliphatic heterocycles. The number of benzene rings is 2. The van der Waals surface area contributed by atoms with E-state index in [0.717, 1.165) is 12.1 Å². The molecule has 0 atom stereocenters. The number of carbonyl (C=O) groups is 2. The molecule has 0 aliphatic carbocycles. The second-order valence-electron chi connectivity index (χ2n) is 7.06. The van der Waals surface area contributed by atoms with Crippen LogP contribution in [0.1, 0.15) is 21.1 Å². The van der Waals surface area contributed by atoms with Crippen molar-refractivity contribution in [1.82, 2.24) is 0 Å². The van der Waals surface area contributed by atoms with Gasteiger partial charge in [-0.25, -0.2) is 0 Å². The summed E-state index contributed by atoms with van der Waals surface area (Å²) in [5.74, 6) is -4.44. The van der Waals surface area contributed by atoms with Gasteiger partial charge in [-0.2, -0.15) is 0 Å². The Hall–Kier alpha value is -2.64. The minimum atomic E-state index is -1.64. The van der Waals surface area contributed by atoms with Gasteiger partial charge in [0.2, 0.25) is 0 Å². The SMILES string of the molecule is O=c1c[14c]([14C](=O)[O-])oc2cccc(OCC(O)COc3cccc4o[14c]([14C](=O)[O-])cc(=O)c34)c12.[Na+].[Na+]. The number of rotatable bonds is 8. The first kappa shape index (κ1) is 29.6. The topological polar surface area (TPSA) is 179 Å². The van der Waals surface area contributed by atoms with Crippen molar-refractivity contribution in [3.05, 3.63) is 80.5 Å². The normalized spacial score (nSPS) is 10.5. The predicted octanol–water partition coefficient (Wildman–Crippen LogP) is -6.55. The average Bonchev–Trinajstić information content (AvgIpc) is 2.80. The van der Waals surface area contributed by atoms with Gasteiger partial charge in [-0.15, -0.1) is 0 Å². The fourth-order valence-electron chi connectivity index (χ4n) is 3.22. The minimum Gasteiger partial charge on any atom is -0.542 e. The Balaban J connectivity index is 0.00000228. The smallest absolute Gasteiger partial charge is 0.542 e. The van der Waals surface area contributed by atoms with E-state index in [2.05, 4.69) is 0 Å². The fraction of sp³-hybridized carbons (Fsp3) is 0.130. The van der Waals surface area contributed by atoms with Gasteiger partial charge in [0.1, 0.15) is 64.7 Å². The van der Waals surface area contributed by atoms with Crippen LogP contribution < -0.4 is 89.7 Å². The maximum atomic E-state index is 12.3. The predicted molar refractivity (Wildman–Crippen MR) is 111 cm³/mol. The van der Waals surface area contributed by atoms with Crippen LogP contribution in [0, 0.1) is 0 Å².